The Labute approximate surface area is 85.7 Å². The highest BCUT2D eigenvalue weighted by atomic mass is 35.5. The van der Waals surface area contributed by atoms with E-state index in [2.05, 4.69) is 0 Å². The molecule has 0 unspecified atom stereocenters. The molecule has 1 nitrogen and oxygen atoms in total. The molecule has 2 heteroatoms. The Kier molecular flexibility index (Phi) is 12.6. The van der Waals surface area contributed by atoms with Gasteiger partial charge < -0.3 is 0 Å². The van der Waals surface area contributed by atoms with Crippen molar-refractivity contribution in [1.82, 2.24) is 0 Å². The van der Waals surface area contributed by atoms with Crippen LogP contribution in [-0.4, -0.2) is 5.24 Å². The number of benzene rings is 1. The minimum absolute atomic E-state index is 0.407. The Morgan fingerprint density at radius 2 is 1.38 bits per heavy atom. The maximum atomic E-state index is 10.4. The van der Waals surface area contributed by atoms with Crippen LogP contribution >= 0.6 is 11.6 Å². The first-order valence-corrected chi connectivity index (χ1v) is 4.93. The van der Waals surface area contributed by atoms with E-state index in [1.54, 1.807) is 24.3 Å². The molecule has 0 saturated carbocycles. The van der Waals surface area contributed by atoms with Gasteiger partial charge in [0, 0.05) is 5.56 Å². The third-order valence-electron chi connectivity index (χ3n) is 1.00. The summed E-state index contributed by atoms with van der Waals surface area (Å²) in [4.78, 5) is 10.4. The first kappa shape index (κ1) is 14.7. The Morgan fingerprint density at radius 3 is 1.62 bits per heavy atom. The van der Waals surface area contributed by atoms with Crippen molar-refractivity contribution in [2.45, 2.75) is 27.7 Å². The number of carbonyl (C=O) groups excluding carboxylic acids is 1. The van der Waals surface area contributed by atoms with Gasteiger partial charge in [-0.05, 0) is 11.6 Å². The van der Waals surface area contributed by atoms with Gasteiger partial charge in [0.2, 0.25) is 0 Å². The molecule has 74 valence electrons. The van der Waals surface area contributed by atoms with Crippen molar-refractivity contribution in [3.05, 3.63) is 35.9 Å². The van der Waals surface area contributed by atoms with E-state index >= 15 is 0 Å². The molecule has 0 amide bonds. The van der Waals surface area contributed by atoms with E-state index in [1.807, 2.05) is 33.8 Å². The predicted molar refractivity (Wildman–Crippen MR) is 59.3 cm³/mol. The third-order valence-corrected chi connectivity index (χ3v) is 1.22. The van der Waals surface area contributed by atoms with Gasteiger partial charge in [-0.1, -0.05) is 58.0 Å². The van der Waals surface area contributed by atoms with Crippen LogP contribution < -0.4 is 0 Å². The highest BCUT2D eigenvalue weighted by molar-refractivity contribution is 6.67. The van der Waals surface area contributed by atoms with Crippen molar-refractivity contribution in [2.24, 2.45) is 0 Å². The molecule has 0 aliphatic rings. The molecule has 1 rings (SSSR count). The molecular weight excluding hydrogens is 184 g/mol. The normalized spacial score (nSPS) is 7.15. The Morgan fingerprint density at radius 1 is 1.00 bits per heavy atom. The molecule has 0 spiro atoms. The number of rotatable bonds is 1. The zero-order chi connectivity index (χ0) is 10.7. The molecule has 0 atom stereocenters. The van der Waals surface area contributed by atoms with E-state index < -0.39 is 5.24 Å². The lowest BCUT2D eigenvalue weighted by Gasteiger charge is -1.87. The second-order valence-electron chi connectivity index (χ2n) is 1.64. The predicted octanol–water partition coefficient (Wildman–Crippen LogP) is 4.12. The van der Waals surface area contributed by atoms with Crippen LogP contribution in [0, 0.1) is 0 Å². The van der Waals surface area contributed by atoms with Crippen LogP contribution in [0.15, 0.2) is 30.3 Å². The zero-order valence-corrected chi connectivity index (χ0v) is 9.43. The molecule has 0 aliphatic carbocycles. The van der Waals surface area contributed by atoms with Gasteiger partial charge in [-0.15, -0.1) is 0 Å². The van der Waals surface area contributed by atoms with Gasteiger partial charge in [0.1, 0.15) is 0 Å². The molecule has 1 aromatic carbocycles. The van der Waals surface area contributed by atoms with Gasteiger partial charge in [0.25, 0.3) is 5.24 Å². The standard InChI is InChI=1S/C7H5ClO.2C2H6/c8-7(9)6-4-2-1-3-5-6;2*1-2/h1-5H;2*1-2H3. The monoisotopic (exact) mass is 200 g/mol. The molecule has 0 heterocycles. The van der Waals surface area contributed by atoms with Crippen molar-refractivity contribution >= 4 is 16.8 Å². The largest absolute Gasteiger partial charge is 0.276 e. The van der Waals surface area contributed by atoms with E-state index in [0.717, 1.165) is 0 Å². The Balaban J connectivity index is 0. The average Bonchev–Trinajstić information content (AvgIpc) is 2.25. The lowest BCUT2D eigenvalue weighted by Crippen LogP contribution is -1.84. The first-order chi connectivity index (χ1) is 6.30. The minimum Gasteiger partial charge on any atom is -0.276 e. The fraction of sp³-hybridized carbons (Fsp3) is 0.364. The van der Waals surface area contributed by atoms with E-state index in [0.29, 0.717) is 5.56 Å². The van der Waals surface area contributed by atoms with E-state index in [4.69, 9.17) is 11.6 Å². The van der Waals surface area contributed by atoms with Gasteiger partial charge in [0.05, 0.1) is 0 Å². The summed E-state index contributed by atoms with van der Waals surface area (Å²) in [6.07, 6.45) is 0. The summed E-state index contributed by atoms with van der Waals surface area (Å²) in [6.45, 7) is 8.00. The fourth-order valence-electron chi connectivity index (χ4n) is 0.569. The van der Waals surface area contributed by atoms with Gasteiger partial charge in [-0.2, -0.15) is 0 Å². The number of hydrogen-bond acceptors (Lipinski definition) is 1. The maximum Gasteiger partial charge on any atom is 0.252 e. The summed E-state index contributed by atoms with van der Waals surface area (Å²) < 4.78 is 0. The highest BCUT2D eigenvalue weighted by Gasteiger charge is 1.95. The van der Waals surface area contributed by atoms with E-state index in [1.165, 1.54) is 0 Å². The van der Waals surface area contributed by atoms with Crippen molar-refractivity contribution in [2.75, 3.05) is 0 Å². The van der Waals surface area contributed by atoms with E-state index in [-0.39, 0.29) is 0 Å². The van der Waals surface area contributed by atoms with Crippen molar-refractivity contribution in [1.29, 1.82) is 0 Å². The second kappa shape index (κ2) is 11.2. The van der Waals surface area contributed by atoms with Crippen LogP contribution in [-0.2, 0) is 0 Å². The number of halogens is 1. The summed E-state index contributed by atoms with van der Waals surface area (Å²) in [5.74, 6) is 0. The van der Waals surface area contributed by atoms with Crippen LogP contribution in [0.3, 0.4) is 0 Å². The van der Waals surface area contributed by atoms with Crippen molar-refractivity contribution < 1.29 is 4.79 Å². The highest BCUT2D eigenvalue weighted by Crippen LogP contribution is 2.01. The van der Waals surface area contributed by atoms with Crippen molar-refractivity contribution in [3.63, 3.8) is 0 Å². The molecule has 0 saturated heterocycles. The van der Waals surface area contributed by atoms with Crippen LogP contribution in [0.2, 0.25) is 0 Å². The molecule has 0 radical (unpaired) electrons. The topological polar surface area (TPSA) is 17.1 Å². The van der Waals surface area contributed by atoms with Gasteiger partial charge in [0.15, 0.2) is 0 Å². The summed E-state index contributed by atoms with van der Waals surface area (Å²) in [5, 5.41) is -0.407. The van der Waals surface area contributed by atoms with Crippen LogP contribution in [0.25, 0.3) is 0 Å². The first-order valence-electron chi connectivity index (χ1n) is 4.55. The zero-order valence-electron chi connectivity index (χ0n) is 8.67. The SMILES string of the molecule is CC.CC.O=C(Cl)c1ccccc1. The molecule has 0 N–H and O–H groups in total. The van der Waals surface area contributed by atoms with Crippen molar-refractivity contribution in [3.8, 4) is 0 Å². The van der Waals surface area contributed by atoms with Gasteiger partial charge >= 0.3 is 0 Å². The smallest absolute Gasteiger partial charge is 0.252 e. The molecule has 0 aliphatic heterocycles. The van der Waals surface area contributed by atoms with Gasteiger partial charge in [-0.25, -0.2) is 0 Å². The van der Waals surface area contributed by atoms with Crippen LogP contribution in [0.5, 0.6) is 0 Å². The summed E-state index contributed by atoms with van der Waals surface area (Å²) in [6, 6.07) is 8.74. The number of hydrogen-bond donors (Lipinski definition) is 0. The molecule has 1 aromatic rings. The minimum atomic E-state index is -0.407. The third kappa shape index (κ3) is 7.54. The van der Waals surface area contributed by atoms with Crippen LogP contribution in [0.4, 0.5) is 0 Å². The second-order valence-corrected chi connectivity index (χ2v) is 1.98. The fourth-order valence-corrected chi connectivity index (χ4v) is 0.695. The number of carbonyl (C=O) groups is 1. The summed E-state index contributed by atoms with van der Waals surface area (Å²) >= 11 is 5.16. The summed E-state index contributed by atoms with van der Waals surface area (Å²) in [5.41, 5.74) is 0.541. The quantitative estimate of drug-likeness (QED) is 0.624. The van der Waals surface area contributed by atoms with Crippen LogP contribution in [0.1, 0.15) is 38.1 Å². The molecule has 13 heavy (non-hydrogen) atoms. The lowest BCUT2D eigenvalue weighted by atomic mass is 10.2. The van der Waals surface area contributed by atoms with E-state index in [9.17, 15) is 4.79 Å². The Hall–Kier alpha value is -0.820. The lowest BCUT2D eigenvalue weighted by molar-refractivity contribution is 0.108. The molecule has 0 fully saturated rings. The Bertz CT molecular complexity index is 207. The molecule has 0 aromatic heterocycles. The van der Waals surface area contributed by atoms with Gasteiger partial charge in [-0.3, -0.25) is 4.79 Å². The molecule has 0 bridgehead atoms. The average molecular weight is 201 g/mol. The molecular formula is C11H17ClO. The summed E-state index contributed by atoms with van der Waals surface area (Å²) in [7, 11) is 0. The maximum absolute atomic E-state index is 10.4.